The van der Waals surface area contributed by atoms with Gasteiger partial charge in [-0.15, -0.1) is 0 Å². The molecule has 0 atom stereocenters. The smallest absolute Gasteiger partial charge is 0.182 e. The Morgan fingerprint density at radius 2 is 1.47 bits per heavy atom. The molecule has 0 aromatic heterocycles. The van der Waals surface area contributed by atoms with E-state index >= 15 is 0 Å². The van der Waals surface area contributed by atoms with Gasteiger partial charge in [-0.25, -0.2) is 16.8 Å². The van der Waals surface area contributed by atoms with E-state index in [4.69, 9.17) is 15.9 Å². The second-order valence-electron chi connectivity index (χ2n) is 3.78. The number of nitrogens with two attached hydrogens (primary N) is 1. The molecule has 1 aromatic rings. The van der Waals surface area contributed by atoms with E-state index in [1.54, 1.807) is 0 Å². The minimum atomic E-state index is -3.84. The van der Waals surface area contributed by atoms with Crippen molar-refractivity contribution in [2.75, 3.05) is 30.5 Å². The molecule has 0 unspecified atom stereocenters. The van der Waals surface area contributed by atoms with Crippen molar-refractivity contribution in [1.29, 1.82) is 0 Å². The van der Waals surface area contributed by atoms with E-state index in [0.717, 1.165) is 6.07 Å². The third-order valence-corrected chi connectivity index (χ3v) is 5.84. The molecular formula is C10H15NO6S2. The summed E-state index contributed by atoms with van der Waals surface area (Å²) in [6, 6.07) is 3.30. The summed E-state index contributed by atoms with van der Waals surface area (Å²) in [5.74, 6) is -1.04. The first-order valence-corrected chi connectivity index (χ1v) is 8.62. The first kappa shape index (κ1) is 15.9. The molecule has 1 aromatic carbocycles. The molecule has 4 N–H and O–H groups in total. The van der Waals surface area contributed by atoms with Crippen molar-refractivity contribution in [2.24, 2.45) is 0 Å². The Hall–Kier alpha value is -1.16. The van der Waals surface area contributed by atoms with Gasteiger partial charge in [0.25, 0.3) is 0 Å². The predicted molar refractivity (Wildman–Crippen MR) is 69.1 cm³/mol. The number of sulfone groups is 2. The Balaban J connectivity index is 3.38. The molecule has 1 rings (SSSR count). The lowest BCUT2D eigenvalue weighted by Gasteiger charge is -2.09. The highest BCUT2D eigenvalue weighted by Crippen LogP contribution is 2.24. The van der Waals surface area contributed by atoms with Crippen LogP contribution in [0.25, 0.3) is 0 Å². The topological polar surface area (TPSA) is 135 Å². The van der Waals surface area contributed by atoms with E-state index in [1.165, 1.54) is 12.1 Å². The first-order valence-electron chi connectivity index (χ1n) is 5.31. The van der Waals surface area contributed by atoms with Gasteiger partial charge in [0.15, 0.2) is 19.7 Å². The van der Waals surface area contributed by atoms with E-state index in [9.17, 15) is 16.8 Å². The normalized spacial score (nSPS) is 12.5. The first-order chi connectivity index (χ1) is 8.74. The van der Waals surface area contributed by atoms with E-state index in [0.29, 0.717) is 0 Å². The van der Waals surface area contributed by atoms with Crippen molar-refractivity contribution in [3.8, 4) is 0 Å². The summed E-state index contributed by atoms with van der Waals surface area (Å²) in [5, 5.41) is 17.4. The second kappa shape index (κ2) is 5.87. The molecule has 0 amide bonds. The van der Waals surface area contributed by atoms with Crippen LogP contribution in [0.3, 0.4) is 0 Å². The Morgan fingerprint density at radius 1 is 0.947 bits per heavy atom. The van der Waals surface area contributed by atoms with Gasteiger partial charge in [-0.05, 0) is 18.2 Å². The van der Waals surface area contributed by atoms with Gasteiger partial charge < -0.3 is 15.9 Å². The van der Waals surface area contributed by atoms with Crippen LogP contribution in [-0.4, -0.2) is 51.8 Å². The van der Waals surface area contributed by atoms with E-state index in [1.807, 2.05) is 0 Å². The Kier molecular flexibility index (Phi) is 4.91. The van der Waals surface area contributed by atoms with E-state index in [-0.39, 0.29) is 15.5 Å². The van der Waals surface area contributed by atoms with Gasteiger partial charge in [0.1, 0.15) is 0 Å². The van der Waals surface area contributed by atoms with Gasteiger partial charge in [-0.1, -0.05) is 0 Å². The van der Waals surface area contributed by atoms with Gasteiger partial charge in [0, 0.05) is 0 Å². The number of aliphatic hydroxyl groups is 2. The summed E-state index contributed by atoms with van der Waals surface area (Å²) in [6.07, 6.45) is 0. The summed E-state index contributed by atoms with van der Waals surface area (Å²) >= 11 is 0. The van der Waals surface area contributed by atoms with Crippen molar-refractivity contribution in [3.05, 3.63) is 18.2 Å². The van der Waals surface area contributed by atoms with Crippen LogP contribution in [0.4, 0.5) is 5.69 Å². The van der Waals surface area contributed by atoms with Crippen LogP contribution in [0.1, 0.15) is 0 Å². The molecule has 108 valence electrons. The lowest BCUT2D eigenvalue weighted by molar-refractivity contribution is 0.319. The van der Waals surface area contributed by atoms with Crippen LogP contribution in [0, 0.1) is 0 Å². The number of aliphatic hydroxyl groups excluding tert-OH is 2. The zero-order valence-corrected chi connectivity index (χ0v) is 11.6. The van der Waals surface area contributed by atoms with Gasteiger partial charge >= 0.3 is 0 Å². The third kappa shape index (κ3) is 3.66. The highest BCUT2D eigenvalue weighted by Gasteiger charge is 2.21. The molecule has 0 aliphatic heterocycles. The molecule has 0 saturated heterocycles. The van der Waals surface area contributed by atoms with Gasteiger partial charge in [0.05, 0.1) is 40.2 Å². The van der Waals surface area contributed by atoms with Crippen molar-refractivity contribution in [1.82, 2.24) is 0 Å². The Labute approximate surface area is 111 Å². The van der Waals surface area contributed by atoms with Crippen LogP contribution in [0.2, 0.25) is 0 Å². The van der Waals surface area contributed by atoms with Crippen LogP contribution < -0.4 is 5.73 Å². The highest BCUT2D eigenvalue weighted by atomic mass is 32.2. The lowest BCUT2D eigenvalue weighted by Crippen LogP contribution is -2.15. The highest BCUT2D eigenvalue weighted by molar-refractivity contribution is 7.92. The fraction of sp³-hybridized carbons (Fsp3) is 0.400. The number of anilines is 1. The van der Waals surface area contributed by atoms with Crippen molar-refractivity contribution >= 4 is 25.4 Å². The molecule has 0 heterocycles. The number of rotatable bonds is 6. The molecule has 0 radical (unpaired) electrons. The Bertz CT molecular complexity index is 651. The third-order valence-electron chi connectivity index (χ3n) is 2.40. The van der Waals surface area contributed by atoms with Crippen LogP contribution in [-0.2, 0) is 19.7 Å². The Morgan fingerprint density at radius 3 is 2.00 bits per heavy atom. The molecule has 0 bridgehead atoms. The predicted octanol–water partition coefficient (Wildman–Crippen LogP) is -1.20. The fourth-order valence-corrected chi connectivity index (χ4v) is 3.76. The van der Waals surface area contributed by atoms with Crippen LogP contribution >= 0.6 is 0 Å². The number of hydrogen-bond donors (Lipinski definition) is 3. The lowest BCUT2D eigenvalue weighted by atomic mass is 10.3. The number of hydrogen-bond acceptors (Lipinski definition) is 7. The van der Waals surface area contributed by atoms with Gasteiger partial charge in [-0.3, -0.25) is 0 Å². The van der Waals surface area contributed by atoms with Crippen LogP contribution in [0.15, 0.2) is 28.0 Å². The zero-order chi connectivity index (χ0) is 14.7. The zero-order valence-electron chi connectivity index (χ0n) is 9.98. The summed E-state index contributed by atoms with van der Waals surface area (Å²) in [4.78, 5) is -0.562. The second-order valence-corrected chi connectivity index (χ2v) is 7.97. The fourth-order valence-electron chi connectivity index (χ4n) is 1.45. The molecular weight excluding hydrogens is 294 g/mol. The van der Waals surface area contributed by atoms with E-state index in [2.05, 4.69) is 0 Å². The minimum absolute atomic E-state index is 0.0867. The molecule has 0 saturated carbocycles. The number of nitrogen functional groups attached to an aromatic ring is 1. The summed E-state index contributed by atoms with van der Waals surface area (Å²) in [6.45, 7) is -1.15. The summed E-state index contributed by atoms with van der Waals surface area (Å²) in [7, 11) is -7.60. The number of benzene rings is 1. The van der Waals surface area contributed by atoms with Crippen molar-refractivity contribution in [3.63, 3.8) is 0 Å². The minimum Gasteiger partial charge on any atom is -0.398 e. The summed E-state index contributed by atoms with van der Waals surface area (Å²) < 4.78 is 47.1. The van der Waals surface area contributed by atoms with Crippen molar-refractivity contribution in [2.45, 2.75) is 9.79 Å². The van der Waals surface area contributed by atoms with Gasteiger partial charge in [-0.2, -0.15) is 0 Å². The molecule has 0 aliphatic carbocycles. The maximum absolute atomic E-state index is 11.8. The SMILES string of the molecule is Nc1ccc(S(=O)(=O)CCO)cc1S(=O)(=O)CCO. The average Bonchev–Trinajstić information content (AvgIpc) is 2.28. The van der Waals surface area contributed by atoms with E-state index < -0.39 is 44.4 Å². The quantitative estimate of drug-likeness (QED) is 0.562. The largest absolute Gasteiger partial charge is 0.398 e. The van der Waals surface area contributed by atoms with Crippen molar-refractivity contribution < 1.29 is 27.0 Å². The van der Waals surface area contributed by atoms with Crippen LogP contribution in [0.5, 0.6) is 0 Å². The molecule has 0 spiro atoms. The molecule has 0 fully saturated rings. The summed E-state index contributed by atoms with van der Waals surface area (Å²) in [5.41, 5.74) is 5.43. The maximum atomic E-state index is 11.8. The maximum Gasteiger partial charge on any atom is 0.182 e. The molecule has 9 heteroatoms. The molecule has 19 heavy (non-hydrogen) atoms. The van der Waals surface area contributed by atoms with Gasteiger partial charge in [0.2, 0.25) is 0 Å². The average molecular weight is 309 g/mol. The standard InChI is InChI=1S/C10H15NO6S2/c11-9-2-1-8(18(14,15)5-3-12)7-10(9)19(16,17)6-4-13/h1-2,7,12-13H,3-6,11H2. The molecule has 7 nitrogen and oxygen atoms in total. The monoisotopic (exact) mass is 309 g/mol. The molecule has 0 aliphatic rings.